The van der Waals surface area contributed by atoms with Gasteiger partial charge in [0.15, 0.2) is 10.7 Å². The Kier molecular flexibility index (Phi) is 4.83. The molecule has 5 rings (SSSR count). The van der Waals surface area contributed by atoms with Gasteiger partial charge in [0, 0.05) is 12.4 Å². The Labute approximate surface area is 181 Å². The van der Waals surface area contributed by atoms with Crippen LogP contribution >= 0.6 is 11.3 Å². The molecule has 3 heterocycles. The molecule has 0 saturated carbocycles. The van der Waals surface area contributed by atoms with E-state index < -0.39 is 5.76 Å². The highest BCUT2D eigenvalue weighted by Gasteiger charge is 2.23. The van der Waals surface area contributed by atoms with Gasteiger partial charge in [0.05, 0.1) is 22.3 Å². The Morgan fingerprint density at radius 3 is 2.81 bits per heavy atom. The normalized spacial score (nSPS) is 11.3. The maximum absolute atomic E-state index is 13.4. The largest absolute Gasteiger partial charge is 0.420 e. The standard InChI is InChI=1S/C23H18N4O3S/c1-15-6-4-10-19-21(15)25-22(31-19)27(13-16-7-5-11-24-12-16)20(28)14-26-17-8-2-3-9-18(17)30-23(26)29/h2-12H,13-14H2,1H3. The molecule has 0 aliphatic rings. The number of amides is 1. The number of oxazole rings is 1. The van der Waals surface area contributed by atoms with Gasteiger partial charge in [-0.05, 0) is 42.3 Å². The number of aromatic nitrogens is 3. The van der Waals surface area contributed by atoms with E-state index in [0.29, 0.717) is 22.8 Å². The first-order valence-corrected chi connectivity index (χ1v) is 10.6. The molecule has 0 N–H and O–H groups in total. The maximum atomic E-state index is 13.4. The highest BCUT2D eigenvalue weighted by molar-refractivity contribution is 7.22. The molecule has 2 aromatic carbocycles. The van der Waals surface area contributed by atoms with Crippen LogP contribution in [-0.4, -0.2) is 20.4 Å². The van der Waals surface area contributed by atoms with Gasteiger partial charge in [-0.3, -0.25) is 19.2 Å². The summed E-state index contributed by atoms with van der Waals surface area (Å²) < 4.78 is 7.64. The van der Waals surface area contributed by atoms with Crippen LogP contribution in [0.2, 0.25) is 0 Å². The summed E-state index contributed by atoms with van der Waals surface area (Å²) in [5.74, 6) is -0.815. The number of carbonyl (C=O) groups is 1. The first-order chi connectivity index (χ1) is 15.1. The molecule has 0 fully saturated rings. The minimum absolute atomic E-state index is 0.148. The topological polar surface area (TPSA) is 81.2 Å². The molecule has 0 saturated heterocycles. The van der Waals surface area contributed by atoms with Crippen LogP contribution < -0.4 is 10.7 Å². The number of benzene rings is 2. The molecule has 0 aliphatic heterocycles. The third-order valence-corrected chi connectivity index (χ3v) is 6.12. The van der Waals surface area contributed by atoms with Crippen molar-refractivity contribution in [2.24, 2.45) is 0 Å². The van der Waals surface area contributed by atoms with Crippen molar-refractivity contribution in [1.82, 2.24) is 14.5 Å². The SMILES string of the molecule is Cc1cccc2sc(N(Cc3cccnc3)C(=O)Cn3c(=O)oc4ccccc43)nc12. The van der Waals surface area contributed by atoms with Crippen molar-refractivity contribution in [1.29, 1.82) is 0 Å². The maximum Gasteiger partial charge on any atom is 0.420 e. The first-order valence-electron chi connectivity index (χ1n) is 9.74. The lowest BCUT2D eigenvalue weighted by Gasteiger charge is -2.20. The molecule has 8 heteroatoms. The Bertz CT molecular complexity index is 1450. The molecule has 7 nitrogen and oxygen atoms in total. The highest BCUT2D eigenvalue weighted by Crippen LogP contribution is 2.31. The number of pyridine rings is 1. The summed E-state index contributed by atoms with van der Waals surface area (Å²) in [6.07, 6.45) is 3.41. The molecular formula is C23H18N4O3S. The number of para-hydroxylation sites is 3. The Morgan fingerprint density at radius 1 is 1.13 bits per heavy atom. The summed E-state index contributed by atoms with van der Waals surface area (Å²) in [5, 5.41) is 0.582. The van der Waals surface area contributed by atoms with Crippen LogP contribution in [0.15, 0.2) is 76.2 Å². The first kappa shape index (κ1) is 19.2. The lowest BCUT2D eigenvalue weighted by molar-refractivity contribution is -0.119. The van der Waals surface area contributed by atoms with Gasteiger partial charge in [0.2, 0.25) is 5.91 Å². The Morgan fingerprint density at radius 2 is 2.00 bits per heavy atom. The Hall–Kier alpha value is -3.78. The van der Waals surface area contributed by atoms with Gasteiger partial charge in [0.25, 0.3) is 0 Å². The second kappa shape index (κ2) is 7.81. The molecule has 1 amide bonds. The number of thiazole rings is 1. The molecule has 5 aromatic rings. The second-order valence-corrected chi connectivity index (χ2v) is 8.19. The minimum Gasteiger partial charge on any atom is -0.408 e. The Balaban J connectivity index is 1.55. The van der Waals surface area contributed by atoms with Crippen molar-refractivity contribution >= 4 is 43.7 Å². The fourth-order valence-corrected chi connectivity index (χ4v) is 4.57. The summed E-state index contributed by atoms with van der Waals surface area (Å²) in [6, 6.07) is 16.8. The number of aryl methyl sites for hydroxylation is 1. The van der Waals surface area contributed by atoms with Crippen LogP contribution in [0.3, 0.4) is 0 Å². The predicted octanol–water partition coefficient (Wildman–Crippen LogP) is 4.14. The molecule has 0 atom stereocenters. The number of rotatable bonds is 5. The average molecular weight is 430 g/mol. The summed E-state index contributed by atoms with van der Waals surface area (Å²) in [4.78, 5) is 36.3. The number of hydrogen-bond donors (Lipinski definition) is 0. The van der Waals surface area contributed by atoms with Gasteiger partial charge in [-0.15, -0.1) is 0 Å². The van der Waals surface area contributed by atoms with Crippen LogP contribution in [0.4, 0.5) is 5.13 Å². The van der Waals surface area contributed by atoms with Crippen LogP contribution in [0.1, 0.15) is 11.1 Å². The van der Waals surface area contributed by atoms with E-state index in [-0.39, 0.29) is 12.5 Å². The molecule has 0 radical (unpaired) electrons. The molecule has 3 aromatic heterocycles. The monoisotopic (exact) mass is 430 g/mol. The average Bonchev–Trinajstić information content (AvgIpc) is 3.35. The summed E-state index contributed by atoms with van der Waals surface area (Å²) in [7, 11) is 0. The fraction of sp³-hybridized carbons (Fsp3) is 0.130. The van der Waals surface area contributed by atoms with Gasteiger partial charge < -0.3 is 4.42 Å². The molecule has 0 bridgehead atoms. The van der Waals surface area contributed by atoms with E-state index in [9.17, 15) is 9.59 Å². The van der Waals surface area contributed by atoms with E-state index in [1.54, 1.807) is 35.5 Å². The third kappa shape index (κ3) is 3.62. The molecule has 0 aliphatic carbocycles. The smallest absolute Gasteiger partial charge is 0.408 e. The fourth-order valence-electron chi connectivity index (χ4n) is 3.51. The molecule has 0 unspecified atom stereocenters. The van der Waals surface area contributed by atoms with Gasteiger partial charge in [-0.25, -0.2) is 9.78 Å². The zero-order chi connectivity index (χ0) is 21.4. The van der Waals surface area contributed by atoms with Crippen molar-refractivity contribution in [2.75, 3.05) is 4.90 Å². The van der Waals surface area contributed by atoms with Gasteiger partial charge in [-0.1, -0.05) is 41.7 Å². The van der Waals surface area contributed by atoms with Gasteiger partial charge in [0.1, 0.15) is 6.54 Å². The van der Waals surface area contributed by atoms with Crippen LogP contribution in [0.5, 0.6) is 0 Å². The van der Waals surface area contributed by atoms with E-state index in [4.69, 9.17) is 9.40 Å². The van der Waals surface area contributed by atoms with Crippen molar-refractivity contribution in [3.8, 4) is 0 Å². The quantitative estimate of drug-likeness (QED) is 0.419. The number of hydrogen-bond acceptors (Lipinski definition) is 6. The summed E-state index contributed by atoms with van der Waals surface area (Å²) in [5.41, 5.74) is 3.83. The summed E-state index contributed by atoms with van der Waals surface area (Å²) >= 11 is 1.45. The van der Waals surface area contributed by atoms with E-state index in [2.05, 4.69) is 4.98 Å². The summed E-state index contributed by atoms with van der Waals surface area (Å²) in [6.45, 7) is 2.15. The van der Waals surface area contributed by atoms with E-state index in [1.807, 2.05) is 43.3 Å². The number of nitrogens with zero attached hydrogens (tertiary/aromatic N) is 4. The highest BCUT2D eigenvalue weighted by atomic mass is 32.1. The molecule has 31 heavy (non-hydrogen) atoms. The number of anilines is 1. The molecule has 0 spiro atoms. The van der Waals surface area contributed by atoms with E-state index >= 15 is 0 Å². The lowest BCUT2D eigenvalue weighted by atomic mass is 10.2. The van der Waals surface area contributed by atoms with Gasteiger partial charge in [-0.2, -0.15) is 0 Å². The van der Waals surface area contributed by atoms with Crippen LogP contribution in [0.25, 0.3) is 21.3 Å². The molecular weight excluding hydrogens is 412 g/mol. The lowest BCUT2D eigenvalue weighted by Crippen LogP contribution is -2.35. The van der Waals surface area contributed by atoms with Crippen molar-refractivity contribution in [3.63, 3.8) is 0 Å². The number of fused-ring (bicyclic) bond motifs is 2. The number of carbonyl (C=O) groups excluding carboxylic acids is 1. The molecule has 154 valence electrons. The third-order valence-electron chi connectivity index (χ3n) is 5.07. The minimum atomic E-state index is -0.559. The van der Waals surface area contributed by atoms with Crippen molar-refractivity contribution in [2.45, 2.75) is 20.0 Å². The van der Waals surface area contributed by atoms with Crippen molar-refractivity contribution < 1.29 is 9.21 Å². The van der Waals surface area contributed by atoms with Crippen LogP contribution in [0, 0.1) is 6.92 Å². The van der Waals surface area contributed by atoms with Crippen molar-refractivity contribution in [3.05, 3.63) is 88.7 Å². The van der Waals surface area contributed by atoms with Crippen LogP contribution in [-0.2, 0) is 17.9 Å². The second-order valence-electron chi connectivity index (χ2n) is 7.18. The zero-order valence-corrected chi connectivity index (χ0v) is 17.5. The van der Waals surface area contributed by atoms with Gasteiger partial charge >= 0.3 is 5.76 Å². The van der Waals surface area contributed by atoms with E-state index in [1.165, 1.54) is 15.9 Å². The van der Waals surface area contributed by atoms with E-state index in [0.717, 1.165) is 21.3 Å². The zero-order valence-electron chi connectivity index (χ0n) is 16.7. The predicted molar refractivity (Wildman–Crippen MR) is 120 cm³/mol.